The van der Waals surface area contributed by atoms with Crippen molar-refractivity contribution in [3.05, 3.63) is 53.6 Å². The van der Waals surface area contributed by atoms with Crippen molar-refractivity contribution in [2.45, 2.75) is 99.3 Å². The number of aromatic carboxylic acids is 1. The van der Waals surface area contributed by atoms with E-state index in [-0.39, 0.29) is 39.7 Å². The number of likely N-dealkylation sites (N-methyl/N-ethyl adjacent to an activating group) is 1. The molecule has 0 bridgehead atoms. The summed E-state index contributed by atoms with van der Waals surface area (Å²) in [6.45, 7) is 22.1. The highest BCUT2D eigenvalue weighted by Crippen LogP contribution is 2.77. The third kappa shape index (κ3) is 6.10. The number of carbonyl (C=O) groups excluding carboxylic acids is 1. The fraction of sp³-hybridized carbons (Fsp3) is 0.727. The molecule has 0 aliphatic heterocycles. The van der Waals surface area contributed by atoms with Gasteiger partial charge in [0.15, 0.2) is 0 Å². The van der Waals surface area contributed by atoms with Gasteiger partial charge in [-0.25, -0.2) is 9.59 Å². The Balaban J connectivity index is 1.27. The van der Waals surface area contributed by atoms with Crippen LogP contribution in [-0.4, -0.2) is 78.9 Å². The molecular formula is C44H67N3O4. The molecule has 9 atom stereocenters. The highest BCUT2D eigenvalue weighted by molar-refractivity contribution is 5.88. The first-order valence-corrected chi connectivity index (χ1v) is 19.9. The number of rotatable bonds is 10. The first-order valence-electron chi connectivity index (χ1n) is 19.9. The van der Waals surface area contributed by atoms with Crippen LogP contribution in [0.4, 0.5) is 4.79 Å². The summed E-state index contributed by atoms with van der Waals surface area (Å²) >= 11 is 0. The van der Waals surface area contributed by atoms with Crippen LogP contribution < -0.4 is 5.32 Å². The first kappa shape index (κ1) is 38.1. The number of aliphatic hydroxyl groups is 1. The predicted molar refractivity (Wildman–Crippen MR) is 206 cm³/mol. The lowest BCUT2D eigenvalue weighted by atomic mass is 9.32. The first-order chi connectivity index (χ1) is 23.9. The van der Waals surface area contributed by atoms with E-state index >= 15 is 0 Å². The molecule has 51 heavy (non-hydrogen) atoms. The number of carboxylic acids is 1. The van der Waals surface area contributed by atoms with E-state index < -0.39 is 5.97 Å². The number of nitrogens with one attached hydrogen (secondary N) is 1. The van der Waals surface area contributed by atoms with Crippen molar-refractivity contribution in [3.63, 3.8) is 0 Å². The number of carboxylic acid groups (broad SMARTS) is 1. The topological polar surface area (TPSA) is 93.1 Å². The van der Waals surface area contributed by atoms with Crippen LogP contribution in [0.15, 0.2) is 42.5 Å². The van der Waals surface area contributed by atoms with Crippen molar-refractivity contribution < 1.29 is 19.8 Å². The van der Waals surface area contributed by atoms with Crippen LogP contribution in [0.1, 0.15) is 115 Å². The van der Waals surface area contributed by atoms with Crippen LogP contribution in [0.5, 0.6) is 0 Å². The van der Waals surface area contributed by atoms with Gasteiger partial charge in [-0.3, -0.25) is 0 Å². The summed E-state index contributed by atoms with van der Waals surface area (Å²) in [6.07, 6.45) is 13.2. The summed E-state index contributed by atoms with van der Waals surface area (Å²) in [5.41, 5.74) is 4.92. The van der Waals surface area contributed by atoms with Gasteiger partial charge in [-0.05, 0) is 159 Å². The van der Waals surface area contributed by atoms with Crippen molar-refractivity contribution in [1.82, 2.24) is 15.1 Å². The number of hydrogen-bond acceptors (Lipinski definition) is 4. The zero-order chi connectivity index (χ0) is 37.1. The fourth-order valence-corrected chi connectivity index (χ4v) is 13.6. The van der Waals surface area contributed by atoms with Gasteiger partial charge in [0.2, 0.25) is 0 Å². The van der Waals surface area contributed by atoms with Gasteiger partial charge in [0.05, 0.1) is 12.2 Å². The third-order valence-electron chi connectivity index (χ3n) is 16.3. The minimum absolute atomic E-state index is 0.0102. The number of nitrogens with zero attached hydrogens (tertiary/aromatic N) is 2. The molecule has 0 spiro atoms. The highest BCUT2D eigenvalue weighted by Gasteiger charge is 2.70. The minimum Gasteiger partial charge on any atom is -0.478 e. The smallest absolute Gasteiger partial charge is 0.335 e. The van der Waals surface area contributed by atoms with E-state index in [1.54, 1.807) is 17.0 Å². The van der Waals surface area contributed by atoms with Crippen LogP contribution in [0.25, 0.3) is 5.57 Å². The average molecular weight is 702 g/mol. The summed E-state index contributed by atoms with van der Waals surface area (Å²) in [5, 5.41) is 22.7. The SMILES string of the molecule is C=C(C)[C@@H]1CCC2(CNC(=O)N(CCO)CCN(C)C)CC[C@]3(C)[C@H](CC[C@@H]4[C@@]5(C)CC=C(c6ccc(C(=O)O)cc6)C(C)(C)[C@@H]5CC[C@]43C)[C@@H]12. The zero-order valence-corrected chi connectivity index (χ0v) is 33.0. The molecule has 0 saturated heterocycles. The number of fused-ring (bicyclic) bond motifs is 7. The van der Waals surface area contributed by atoms with Crippen LogP contribution in [-0.2, 0) is 0 Å². The molecule has 0 radical (unpaired) electrons. The lowest BCUT2D eigenvalue weighted by molar-refractivity contribution is -0.225. The van der Waals surface area contributed by atoms with Gasteiger partial charge < -0.3 is 25.3 Å². The second kappa shape index (κ2) is 13.6. The maximum absolute atomic E-state index is 13.6. The van der Waals surface area contributed by atoms with Crippen LogP contribution in [0.3, 0.4) is 0 Å². The Kier molecular flexibility index (Phi) is 10.2. The maximum Gasteiger partial charge on any atom is 0.335 e. The van der Waals surface area contributed by atoms with Crippen molar-refractivity contribution in [3.8, 4) is 0 Å². The van der Waals surface area contributed by atoms with E-state index in [1.807, 2.05) is 26.2 Å². The molecule has 6 rings (SSSR count). The molecule has 3 N–H and O–H groups in total. The molecule has 0 heterocycles. The summed E-state index contributed by atoms with van der Waals surface area (Å²) in [7, 11) is 4.03. The molecule has 1 aromatic carbocycles. The number of aliphatic hydroxyl groups excluding tert-OH is 1. The zero-order valence-electron chi connectivity index (χ0n) is 33.0. The lowest BCUT2D eigenvalue weighted by Crippen LogP contribution is -2.66. The number of urea groups is 1. The van der Waals surface area contributed by atoms with Gasteiger partial charge in [0.1, 0.15) is 0 Å². The van der Waals surface area contributed by atoms with Crippen LogP contribution in [0, 0.1) is 56.7 Å². The largest absolute Gasteiger partial charge is 0.478 e. The standard InChI is InChI=1S/C44H67N3O4/c1-29(2)32-16-21-44(28-45-39(51)47(26-27-48)25-24-46(8)9)23-22-42(6)34(37(32)44)14-15-36-41(5)19-17-33(30-10-12-31(13-11-30)38(49)50)40(3,4)35(41)18-20-43(36,42)7/h10-13,17,32,34-37,48H,1,14-16,18-28H2,2-9H3,(H,45,51)(H,49,50)/t32-,34+,35-,36+,37+,41-,42+,43+,44?/m0/s1. The Bertz CT molecular complexity index is 1530. The number of hydrogen-bond donors (Lipinski definition) is 3. The van der Waals surface area contributed by atoms with E-state index in [9.17, 15) is 19.8 Å². The van der Waals surface area contributed by atoms with Crippen molar-refractivity contribution in [1.29, 1.82) is 0 Å². The fourth-order valence-electron chi connectivity index (χ4n) is 13.6. The van der Waals surface area contributed by atoms with Crippen LogP contribution >= 0.6 is 0 Å². The van der Waals surface area contributed by atoms with Crippen molar-refractivity contribution >= 4 is 17.6 Å². The third-order valence-corrected chi connectivity index (χ3v) is 16.3. The van der Waals surface area contributed by atoms with Gasteiger partial charge in [-0.1, -0.05) is 65.0 Å². The van der Waals surface area contributed by atoms with Gasteiger partial charge >= 0.3 is 12.0 Å². The summed E-state index contributed by atoms with van der Waals surface area (Å²) in [5.74, 6) is 1.94. The van der Waals surface area contributed by atoms with Gasteiger partial charge in [-0.2, -0.15) is 0 Å². The van der Waals surface area contributed by atoms with E-state index in [1.165, 1.54) is 49.7 Å². The number of allylic oxidation sites excluding steroid dienone is 3. The summed E-state index contributed by atoms with van der Waals surface area (Å²) in [4.78, 5) is 29.0. The predicted octanol–water partition coefficient (Wildman–Crippen LogP) is 8.60. The maximum atomic E-state index is 13.6. The van der Waals surface area contributed by atoms with Crippen molar-refractivity contribution in [2.24, 2.45) is 56.7 Å². The molecule has 5 aliphatic rings. The quantitative estimate of drug-likeness (QED) is 0.213. The molecular weight excluding hydrogens is 635 g/mol. The van der Waals surface area contributed by atoms with Crippen molar-refractivity contribution in [2.75, 3.05) is 46.9 Å². The second-order valence-electron chi connectivity index (χ2n) is 19.1. The van der Waals surface area contributed by atoms with Gasteiger partial charge in [0.25, 0.3) is 0 Å². The molecule has 5 aliphatic carbocycles. The monoisotopic (exact) mass is 702 g/mol. The molecule has 282 valence electrons. The number of benzene rings is 1. The molecule has 1 unspecified atom stereocenters. The van der Waals surface area contributed by atoms with E-state index in [2.05, 4.69) is 64.4 Å². The minimum atomic E-state index is -0.876. The summed E-state index contributed by atoms with van der Waals surface area (Å²) in [6, 6.07) is 7.51. The Morgan fingerprint density at radius 3 is 2.22 bits per heavy atom. The molecule has 7 heteroatoms. The normalized spacial score (nSPS) is 38.1. The molecule has 0 aromatic heterocycles. The Morgan fingerprint density at radius 2 is 1.59 bits per heavy atom. The Morgan fingerprint density at radius 1 is 0.882 bits per heavy atom. The molecule has 7 nitrogen and oxygen atoms in total. The number of carbonyl (C=O) groups is 2. The van der Waals surface area contributed by atoms with E-state index in [0.29, 0.717) is 54.8 Å². The molecule has 4 saturated carbocycles. The average Bonchev–Trinajstić information content (AvgIpc) is 3.46. The van der Waals surface area contributed by atoms with Gasteiger partial charge in [0, 0.05) is 26.2 Å². The van der Waals surface area contributed by atoms with E-state index in [0.717, 1.165) is 31.4 Å². The Labute approximate surface area is 308 Å². The molecule has 4 fully saturated rings. The van der Waals surface area contributed by atoms with Crippen LogP contribution in [0.2, 0.25) is 0 Å². The molecule has 1 aromatic rings. The number of amides is 2. The van der Waals surface area contributed by atoms with Gasteiger partial charge in [-0.15, -0.1) is 0 Å². The van der Waals surface area contributed by atoms with E-state index in [4.69, 9.17) is 0 Å². The summed E-state index contributed by atoms with van der Waals surface area (Å²) < 4.78 is 0. The lowest BCUT2D eigenvalue weighted by Gasteiger charge is -2.72. The highest BCUT2D eigenvalue weighted by atomic mass is 16.4. The molecule has 2 amide bonds. The second-order valence-corrected chi connectivity index (χ2v) is 19.1. The Hall–Kier alpha value is -2.64.